The smallest absolute Gasteiger partial charge is 0.274 e. The number of nitrogens with one attached hydrogen (secondary N) is 1. The van der Waals surface area contributed by atoms with Gasteiger partial charge in [0.1, 0.15) is 6.10 Å². The first-order chi connectivity index (χ1) is 13.1. The first kappa shape index (κ1) is 17.3. The molecular formula is C18H19N5O4. The van der Waals surface area contributed by atoms with Crippen molar-refractivity contribution >= 4 is 16.7 Å². The van der Waals surface area contributed by atoms with E-state index in [1.807, 2.05) is 0 Å². The van der Waals surface area contributed by atoms with Crippen LogP contribution in [-0.2, 0) is 18.2 Å². The second-order valence-electron chi connectivity index (χ2n) is 6.38. The summed E-state index contributed by atoms with van der Waals surface area (Å²) in [6.07, 6.45) is 2.16. The number of carbonyl (C=O) groups excluding carboxylic acids is 1. The average molecular weight is 369 g/mol. The average Bonchev–Trinajstić information content (AvgIpc) is 3.36. The van der Waals surface area contributed by atoms with Gasteiger partial charge in [0.05, 0.1) is 5.39 Å². The molecule has 1 saturated heterocycles. The Morgan fingerprint density at radius 3 is 2.93 bits per heavy atom. The largest absolute Gasteiger partial charge is 0.368 e. The summed E-state index contributed by atoms with van der Waals surface area (Å²) in [7, 11) is 1.53. The maximum absolute atomic E-state index is 12.6. The van der Waals surface area contributed by atoms with Crippen molar-refractivity contribution in [3.63, 3.8) is 0 Å². The molecule has 1 aliphatic rings. The van der Waals surface area contributed by atoms with Gasteiger partial charge < -0.3 is 14.6 Å². The van der Waals surface area contributed by atoms with Gasteiger partial charge in [-0.15, -0.1) is 0 Å². The van der Waals surface area contributed by atoms with Gasteiger partial charge >= 0.3 is 0 Å². The number of hydrogen-bond donors (Lipinski definition) is 1. The van der Waals surface area contributed by atoms with Crippen LogP contribution in [0.1, 0.15) is 41.1 Å². The Bertz CT molecular complexity index is 1040. The van der Waals surface area contributed by atoms with Crippen molar-refractivity contribution in [2.45, 2.75) is 25.4 Å². The highest BCUT2D eigenvalue weighted by Gasteiger charge is 2.23. The molecule has 0 aliphatic carbocycles. The van der Waals surface area contributed by atoms with Crippen molar-refractivity contribution in [3.05, 3.63) is 52.0 Å². The second-order valence-corrected chi connectivity index (χ2v) is 6.38. The molecule has 4 rings (SSSR count). The van der Waals surface area contributed by atoms with Crippen LogP contribution < -0.4 is 10.9 Å². The van der Waals surface area contributed by atoms with Crippen molar-refractivity contribution in [2.75, 3.05) is 13.2 Å². The molecule has 1 amide bonds. The molecule has 0 spiro atoms. The number of fused-ring (bicyclic) bond motifs is 1. The van der Waals surface area contributed by atoms with Gasteiger partial charge in [0.2, 0.25) is 0 Å². The molecule has 1 aromatic carbocycles. The maximum Gasteiger partial charge on any atom is 0.274 e. The minimum Gasteiger partial charge on any atom is -0.368 e. The fraction of sp³-hybridized carbons (Fsp3) is 0.389. The van der Waals surface area contributed by atoms with Gasteiger partial charge in [0.25, 0.3) is 17.4 Å². The van der Waals surface area contributed by atoms with Crippen LogP contribution in [-0.4, -0.2) is 39.0 Å². The van der Waals surface area contributed by atoms with Gasteiger partial charge in [0, 0.05) is 32.0 Å². The zero-order valence-electron chi connectivity index (χ0n) is 14.8. The van der Waals surface area contributed by atoms with Gasteiger partial charge in [0.15, 0.2) is 11.5 Å². The van der Waals surface area contributed by atoms with E-state index in [1.54, 1.807) is 24.3 Å². The van der Waals surface area contributed by atoms with Crippen molar-refractivity contribution in [1.82, 2.24) is 25.2 Å². The SMILES string of the molecule is Cn1nc(C(=O)NCCc2noc([C@@H]3CCCO3)n2)c2ccccc2c1=O. The number of ether oxygens (including phenoxy) is 1. The predicted octanol–water partition coefficient (Wildman–Crippen LogP) is 1.14. The molecule has 9 nitrogen and oxygen atoms in total. The third kappa shape index (κ3) is 3.45. The molecule has 1 atom stereocenters. The van der Waals surface area contributed by atoms with E-state index in [0.29, 0.717) is 42.1 Å². The van der Waals surface area contributed by atoms with Crippen molar-refractivity contribution in [2.24, 2.45) is 7.05 Å². The van der Waals surface area contributed by atoms with Gasteiger partial charge in [-0.25, -0.2) is 4.68 Å². The van der Waals surface area contributed by atoms with Crippen LogP contribution in [0, 0.1) is 0 Å². The lowest BCUT2D eigenvalue weighted by atomic mass is 10.1. The Morgan fingerprint density at radius 2 is 2.15 bits per heavy atom. The highest BCUT2D eigenvalue weighted by molar-refractivity contribution is 6.04. The summed E-state index contributed by atoms with van der Waals surface area (Å²) in [4.78, 5) is 29.0. The van der Waals surface area contributed by atoms with Gasteiger partial charge in [-0.1, -0.05) is 23.4 Å². The van der Waals surface area contributed by atoms with Gasteiger partial charge in [-0.05, 0) is 18.9 Å². The minimum atomic E-state index is -0.357. The molecule has 1 aliphatic heterocycles. The fourth-order valence-corrected chi connectivity index (χ4v) is 3.11. The molecule has 3 aromatic rings. The van der Waals surface area contributed by atoms with E-state index in [9.17, 15) is 9.59 Å². The summed E-state index contributed by atoms with van der Waals surface area (Å²) in [5, 5.41) is 11.8. The van der Waals surface area contributed by atoms with E-state index >= 15 is 0 Å². The van der Waals surface area contributed by atoms with Crippen molar-refractivity contribution in [3.8, 4) is 0 Å². The van der Waals surface area contributed by atoms with E-state index in [2.05, 4.69) is 20.6 Å². The minimum absolute atomic E-state index is 0.123. The molecule has 0 saturated carbocycles. The highest BCUT2D eigenvalue weighted by Crippen LogP contribution is 2.26. The quantitative estimate of drug-likeness (QED) is 0.717. The number of hydrogen-bond acceptors (Lipinski definition) is 7. The van der Waals surface area contributed by atoms with E-state index in [0.717, 1.165) is 12.8 Å². The van der Waals surface area contributed by atoms with Crippen LogP contribution in [0.2, 0.25) is 0 Å². The number of rotatable bonds is 5. The monoisotopic (exact) mass is 369 g/mol. The summed E-state index contributed by atoms with van der Waals surface area (Å²) in [6, 6.07) is 6.92. The number of aromatic nitrogens is 4. The van der Waals surface area contributed by atoms with Crippen LogP contribution in [0.3, 0.4) is 0 Å². The van der Waals surface area contributed by atoms with Crippen molar-refractivity contribution < 1.29 is 14.1 Å². The lowest BCUT2D eigenvalue weighted by Crippen LogP contribution is -2.30. The number of nitrogens with zero attached hydrogens (tertiary/aromatic N) is 4. The summed E-state index contributed by atoms with van der Waals surface area (Å²) < 4.78 is 11.9. The molecule has 0 radical (unpaired) electrons. The molecule has 1 fully saturated rings. The maximum atomic E-state index is 12.6. The van der Waals surface area contributed by atoms with E-state index < -0.39 is 0 Å². The Kier molecular flexibility index (Phi) is 4.68. The van der Waals surface area contributed by atoms with Crippen LogP contribution >= 0.6 is 0 Å². The van der Waals surface area contributed by atoms with Crippen LogP contribution in [0.15, 0.2) is 33.6 Å². The molecule has 27 heavy (non-hydrogen) atoms. The van der Waals surface area contributed by atoms with Crippen molar-refractivity contribution in [1.29, 1.82) is 0 Å². The first-order valence-corrected chi connectivity index (χ1v) is 8.82. The van der Waals surface area contributed by atoms with Gasteiger partial charge in [-0.3, -0.25) is 9.59 Å². The summed E-state index contributed by atoms with van der Waals surface area (Å²) in [5.41, 5.74) is -0.0311. The highest BCUT2D eigenvalue weighted by atomic mass is 16.5. The Hall–Kier alpha value is -3.07. The predicted molar refractivity (Wildman–Crippen MR) is 95.2 cm³/mol. The van der Waals surface area contributed by atoms with E-state index in [1.165, 1.54) is 11.7 Å². The van der Waals surface area contributed by atoms with Crippen LogP contribution in [0.5, 0.6) is 0 Å². The number of aryl methyl sites for hydroxylation is 1. The molecule has 140 valence electrons. The number of amides is 1. The van der Waals surface area contributed by atoms with E-state index in [-0.39, 0.29) is 23.3 Å². The third-order valence-electron chi connectivity index (χ3n) is 4.49. The topological polar surface area (TPSA) is 112 Å². The third-order valence-corrected chi connectivity index (χ3v) is 4.49. The Labute approximate surface area is 154 Å². The lowest BCUT2D eigenvalue weighted by Gasteiger charge is -2.08. The van der Waals surface area contributed by atoms with Crippen LogP contribution in [0.25, 0.3) is 10.8 Å². The second kappa shape index (κ2) is 7.28. The fourth-order valence-electron chi connectivity index (χ4n) is 3.11. The summed E-state index contributed by atoms with van der Waals surface area (Å²) >= 11 is 0. The Balaban J connectivity index is 1.44. The van der Waals surface area contributed by atoms with Gasteiger partial charge in [-0.2, -0.15) is 10.1 Å². The number of carbonyl (C=O) groups is 1. The molecule has 9 heteroatoms. The van der Waals surface area contributed by atoms with E-state index in [4.69, 9.17) is 9.26 Å². The zero-order valence-corrected chi connectivity index (χ0v) is 14.8. The first-order valence-electron chi connectivity index (χ1n) is 8.82. The molecule has 2 aromatic heterocycles. The molecule has 0 bridgehead atoms. The molecule has 1 N–H and O–H groups in total. The molecule has 3 heterocycles. The van der Waals surface area contributed by atoms with Crippen LogP contribution in [0.4, 0.5) is 0 Å². The Morgan fingerprint density at radius 1 is 1.33 bits per heavy atom. The zero-order chi connectivity index (χ0) is 18.8. The normalized spacial score (nSPS) is 16.7. The molecular weight excluding hydrogens is 350 g/mol. The summed E-state index contributed by atoms with van der Waals surface area (Å²) in [5.74, 6) is 0.642. The summed E-state index contributed by atoms with van der Waals surface area (Å²) in [6.45, 7) is 1.03. The standard InChI is InChI=1S/C18H19N5O4/c1-23-18(25)12-6-3-2-5-11(12)15(21-23)16(24)19-9-8-14-20-17(27-22-14)13-7-4-10-26-13/h2-3,5-6,13H,4,7-10H2,1H3,(H,19,24)/t13-/m0/s1. The molecule has 0 unspecified atom stereocenters. The number of benzene rings is 1. The lowest BCUT2D eigenvalue weighted by molar-refractivity contribution is 0.0835.